The van der Waals surface area contributed by atoms with E-state index in [1.807, 2.05) is 31.5 Å². The Balaban J connectivity index is 1.58. The quantitative estimate of drug-likeness (QED) is 0.586. The lowest BCUT2D eigenvalue weighted by atomic mass is 10.1. The van der Waals surface area contributed by atoms with Gasteiger partial charge in [-0.15, -0.1) is 10.2 Å². The Labute approximate surface area is 190 Å². The van der Waals surface area contributed by atoms with Crippen LogP contribution in [0, 0.1) is 18.3 Å². The smallest absolute Gasteiger partial charge is 0.233 e. The largest absolute Gasteiger partial charge is 0.490 e. The van der Waals surface area contributed by atoms with Crippen LogP contribution in [0.4, 0.5) is 0 Å². The standard InChI is InChI=1S/C22H25N7O2S/c1-13(2)31-19-5-4-15(10-16(19)11-23)21-25-26-22(32-21)29-14(3)17-12-28(9-7-20(24)30)8-6-18(17)27-29/h4-5,10,13H,6-9,12H2,1-3H3,(H2,24,30). The third kappa shape index (κ3) is 4.49. The van der Waals surface area contributed by atoms with E-state index in [2.05, 4.69) is 21.2 Å². The number of aromatic nitrogens is 4. The highest BCUT2D eigenvalue weighted by molar-refractivity contribution is 7.17. The molecule has 0 saturated heterocycles. The van der Waals surface area contributed by atoms with Crippen LogP contribution in [0.15, 0.2) is 18.2 Å². The van der Waals surface area contributed by atoms with Crippen molar-refractivity contribution in [2.45, 2.75) is 46.3 Å². The van der Waals surface area contributed by atoms with Crippen molar-refractivity contribution in [2.75, 3.05) is 13.1 Å². The fraction of sp³-hybridized carbons (Fsp3) is 0.409. The molecular formula is C22H25N7O2S. The maximum Gasteiger partial charge on any atom is 0.233 e. The van der Waals surface area contributed by atoms with Gasteiger partial charge in [0.2, 0.25) is 11.0 Å². The highest BCUT2D eigenvalue weighted by Gasteiger charge is 2.24. The molecule has 1 aromatic carbocycles. The molecule has 1 aliphatic rings. The molecule has 4 rings (SSSR count). The van der Waals surface area contributed by atoms with Gasteiger partial charge in [-0.3, -0.25) is 9.69 Å². The number of nitrogens with zero attached hydrogens (tertiary/aromatic N) is 6. The molecule has 0 bridgehead atoms. The predicted molar refractivity (Wildman–Crippen MR) is 120 cm³/mol. The van der Waals surface area contributed by atoms with Crippen molar-refractivity contribution in [3.8, 4) is 27.5 Å². The zero-order valence-electron chi connectivity index (χ0n) is 18.3. The molecule has 0 saturated carbocycles. The fourth-order valence-corrected chi connectivity index (χ4v) is 4.58. The second-order valence-electron chi connectivity index (χ2n) is 8.04. The molecule has 10 heteroatoms. The van der Waals surface area contributed by atoms with Gasteiger partial charge in [0.25, 0.3) is 0 Å². The number of benzene rings is 1. The summed E-state index contributed by atoms with van der Waals surface area (Å²) in [6.07, 6.45) is 1.16. The summed E-state index contributed by atoms with van der Waals surface area (Å²) < 4.78 is 7.54. The molecule has 0 spiro atoms. The topological polar surface area (TPSA) is 123 Å². The first-order valence-electron chi connectivity index (χ1n) is 10.5. The van der Waals surface area contributed by atoms with Crippen LogP contribution in [0.1, 0.15) is 42.8 Å². The molecule has 32 heavy (non-hydrogen) atoms. The molecule has 0 aliphatic carbocycles. The van der Waals surface area contributed by atoms with Gasteiger partial charge in [0.15, 0.2) is 0 Å². The van der Waals surface area contributed by atoms with Gasteiger partial charge >= 0.3 is 0 Å². The molecular weight excluding hydrogens is 426 g/mol. The Morgan fingerprint density at radius 2 is 2.19 bits per heavy atom. The summed E-state index contributed by atoms with van der Waals surface area (Å²) >= 11 is 1.42. The van der Waals surface area contributed by atoms with Crippen LogP contribution in [0.5, 0.6) is 5.75 Å². The third-order valence-electron chi connectivity index (χ3n) is 5.35. The first-order valence-corrected chi connectivity index (χ1v) is 11.3. The lowest BCUT2D eigenvalue weighted by Gasteiger charge is -2.25. The maximum atomic E-state index is 11.1. The van der Waals surface area contributed by atoms with E-state index in [0.717, 1.165) is 36.5 Å². The van der Waals surface area contributed by atoms with Crippen molar-refractivity contribution in [3.05, 3.63) is 40.7 Å². The molecule has 166 valence electrons. The average Bonchev–Trinajstić information content (AvgIpc) is 3.37. The minimum Gasteiger partial charge on any atom is -0.490 e. The second kappa shape index (κ2) is 9.06. The van der Waals surface area contributed by atoms with Crippen molar-refractivity contribution in [2.24, 2.45) is 5.73 Å². The Morgan fingerprint density at radius 1 is 1.38 bits per heavy atom. The molecule has 0 fully saturated rings. The Morgan fingerprint density at radius 3 is 2.91 bits per heavy atom. The summed E-state index contributed by atoms with van der Waals surface area (Å²) in [4.78, 5) is 13.3. The number of carbonyl (C=O) groups is 1. The number of rotatable bonds is 7. The van der Waals surface area contributed by atoms with Gasteiger partial charge in [-0.05, 0) is 39.0 Å². The van der Waals surface area contributed by atoms with Crippen molar-refractivity contribution >= 4 is 17.2 Å². The molecule has 0 unspecified atom stereocenters. The summed E-state index contributed by atoms with van der Waals surface area (Å²) in [6.45, 7) is 8.11. The van der Waals surface area contributed by atoms with Crippen LogP contribution in [0.25, 0.3) is 15.7 Å². The highest BCUT2D eigenvalue weighted by Crippen LogP contribution is 2.31. The number of nitrogens with two attached hydrogens (primary N) is 1. The lowest BCUT2D eigenvalue weighted by molar-refractivity contribution is -0.118. The predicted octanol–water partition coefficient (Wildman–Crippen LogP) is 2.59. The van der Waals surface area contributed by atoms with Gasteiger partial charge in [-0.25, -0.2) is 4.68 Å². The van der Waals surface area contributed by atoms with Crippen LogP contribution < -0.4 is 10.5 Å². The van der Waals surface area contributed by atoms with Gasteiger partial charge in [-0.2, -0.15) is 10.4 Å². The van der Waals surface area contributed by atoms with E-state index in [1.165, 1.54) is 16.9 Å². The van der Waals surface area contributed by atoms with E-state index in [1.54, 1.807) is 12.1 Å². The van der Waals surface area contributed by atoms with E-state index in [0.29, 0.717) is 34.4 Å². The van der Waals surface area contributed by atoms with Crippen LogP contribution in [0.3, 0.4) is 0 Å². The zero-order valence-corrected chi connectivity index (χ0v) is 19.1. The summed E-state index contributed by atoms with van der Waals surface area (Å²) in [5, 5.41) is 24.3. The number of carbonyl (C=O) groups excluding carboxylic acids is 1. The normalized spacial score (nSPS) is 13.7. The first kappa shape index (κ1) is 21.9. The van der Waals surface area contributed by atoms with Gasteiger partial charge < -0.3 is 10.5 Å². The average molecular weight is 452 g/mol. The number of amides is 1. The summed E-state index contributed by atoms with van der Waals surface area (Å²) in [7, 11) is 0. The molecule has 1 aliphatic heterocycles. The summed E-state index contributed by atoms with van der Waals surface area (Å²) in [5.41, 5.74) is 9.81. The number of hydrogen-bond acceptors (Lipinski definition) is 8. The number of primary amides is 1. The van der Waals surface area contributed by atoms with Gasteiger partial charge in [0.1, 0.15) is 16.8 Å². The summed E-state index contributed by atoms with van der Waals surface area (Å²) in [5.74, 6) is 0.278. The summed E-state index contributed by atoms with van der Waals surface area (Å²) in [6, 6.07) is 7.66. The van der Waals surface area contributed by atoms with E-state index < -0.39 is 0 Å². The van der Waals surface area contributed by atoms with Crippen LogP contribution in [-0.2, 0) is 17.8 Å². The van der Waals surface area contributed by atoms with Crippen molar-refractivity contribution < 1.29 is 9.53 Å². The Kier molecular flexibility index (Phi) is 6.21. The number of hydrogen-bond donors (Lipinski definition) is 1. The molecule has 2 aromatic heterocycles. The molecule has 0 atom stereocenters. The van der Waals surface area contributed by atoms with Crippen LogP contribution in [-0.4, -0.2) is 50.0 Å². The van der Waals surface area contributed by atoms with Gasteiger partial charge in [-0.1, -0.05) is 11.3 Å². The number of nitriles is 1. The van der Waals surface area contributed by atoms with Gasteiger partial charge in [0, 0.05) is 49.3 Å². The SMILES string of the molecule is Cc1c2c(nn1-c1nnc(-c3ccc(OC(C)C)c(C#N)c3)s1)CCN(CCC(N)=O)C2. The molecule has 3 aromatic rings. The van der Waals surface area contributed by atoms with E-state index in [4.69, 9.17) is 15.6 Å². The number of ether oxygens (including phenoxy) is 1. The van der Waals surface area contributed by atoms with E-state index in [9.17, 15) is 10.1 Å². The molecule has 1 amide bonds. The monoisotopic (exact) mass is 451 g/mol. The Bertz CT molecular complexity index is 1190. The molecule has 9 nitrogen and oxygen atoms in total. The fourth-order valence-electron chi connectivity index (χ4n) is 3.74. The molecule has 3 heterocycles. The van der Waals surface area contributed by atoms with Crippen LogP contribution >= 0.6 is 11.3 Å². The van der Waals surface area contributed by atoms with Crippen molar-refractivity contribution in [3.63, 3.8) is 0 Å². The van der Waals surface area contributed by atoms with E-state index in [-0.39, 0.29) is 12.0 Å². The van der Waals surface area contributed by atoms with E-state index >= 15 is 0 Å². The minimum atomic E-state index is -0.284. The van der Waals surface area contributed by atoms with Crippen LogP contribution in [0.2, 0.25) is 0 Å². The maximum absolute atomic E-state index is 11.1. The lowest BCUT2D eigenvalue weighted by Crippen LogP contribution is -2.33. The molecule has 0 radical (unpaired) electrons. The minimum absolute atomic E-state index is 0.0124. The first-order chi connectivity index (χ1) is 15.4. The van der Waals surface area contributed by atoms with Crippen molar-refractivity contribution in [1.82, 2.24) is 24.9 Å². The number of fused-ring (bicyclic) bond motifs is 1. The zero-order chi connectivity index (χ0) is 22.8. The Hall–Kier alpha value is -3.29. The second-order valence-corrected chi connectivity index (χ2v) is 9.00. The van der Waals surface area contributed by atoms with Crippen molar-refractivity contribution in [1.29, 1.82) is 5.26 Å². The third-order valence-corrected chi connectivity index (χ3v) is 6.30. The van der Waals surface area contributed by atoms with Gasteiger partial charge in [0.05, 0.1) is 17.4 Å². The highest BCUT2D eigenvalue weighted by atomic mass is 32.1. The molecule has 2 N–H and O–H groups in total.